The summed E-state index contributed by atoms with van der Waals surface area (Å²) in [5.74, 6) is 0.843. The van der Waals surface area contributed by atoms with Gasteiger partial charge in [0.1, 0.15) is 6.04 Å². The van der Waals surface area contributed by atoms with Crippen molar-refractivity contribution in [1.29, 1.82) is 0 Å². The van der Waals surface area contributed by atoms with Crippen LogP contribution in [0.3, 0.4) is 0 Å². The number of nitrogens with zero attached hydrogens (tertiary/aromatic N) is 1. The maximum absolute atomic E-state index is 12.9. The quantitative estimate of drug-likeness (QED) is 0.777. The summed E-state index contributed by atoms with van der Waals surface area (Å²) in [4.78, 5) is 26.8. The van der Waals surface area contributed by atoms with Gasteiger partial charge in [-0.25, -0.2) is 0 Å². The normalized spacial score (nSPS) is 19.3. The first kappa shape index (κ1) is 17.8. The van der Waals surface area contributed by atoms with Crippen LogP contribution in [0.4, 0.5) is 0 Å². The van der Waals surface area contributed by atoms with Crippen LogP contribution in [0.2, 0.25) is 0 Å². The van der Waals surface area contributed by atoms with Crippen LogP contribution in [0.1, 0.15) is 12.0 Å². The first-order valence-corrected chi connectivity index (χ1v) is 9.35. The van der Waals surface area contributed by atoms with Crippen LogP contribution in [0.25, 0.3) is 0 Å². The number of thioether (sulfide) groups is 1. The van der Waals surface area contributed by atoms with Gasteiger partial charge in [-0.05, 0) is 37.5 Å². The Balaban J connectivity index is 2.09. The molecular weight excluding hydrogens is 310 g/mol. The summed E-state index contributed by atoms with van der Waals surface area (Å²) in [6.45, 7) is 1.11. The minimum absolute atomic E-state index is 0.0114. The van der Waals surface area contributed by atoms with Crippen molar-refractivity contribution >= 4 is 23.6 Å². The van der Waals surface area contributed by atoms with E-state index in [1.807, 2.05) is 36.6 Å². The summed E-state index contributed by atoms with van der Waals surface area (Å²) in [6.07, 6.45) is 3.34. The fourth-order valence-corrected chi connectivity index (χ4v) is 3.32. The molecule has 0 radical (unpaired) electrons. The average molecular weight is 335 g/mol. The Bertz CT molecular complexity index is 524. The van der Waals surface area contributed by atoms with Crippen LogP contribution in [0, 0.1) is 0 Å². The first-order valence-electron chi connectivity index (χ1n) is 7.95. The van der Waals surface area contributed by atoms with E-state index in [1.165, 1.54) is 0 Å². The molecule has 1 fully saturated rings. The lowest BCUT2D eigenvalue weighted by molar-refractivity contribution is -0.144. The van der Waals surface area contributed by atoms with Crippen molar-refractivity contribution < 1.29 is 9.59 Å². The summed E-state index contributed by atoms with van der Waals surface area (Å²) in [7, 11) is 1.80. The molecule has 2 atom stereocenters. The zero-order valence-corrected chi connectivity index (χ0v) is 14.6. The molecule has 0 aliphatic carbocycles. The Kier molecular flexibility index (Phi) is 6.92. The summed E-state index contributed by atoms with van der Waals surface area (Å²) in [6, 6.07) is 9.30. The van der Waals surface area contributed by atoms with E-state index < -0.39 is 0 Å². The Labute approximate surface area is 142 Å². The highest BCUT2D eigenvalue weighted by Crippen LogP contribution is 2.15. The second-order valence-corrected chi connectivity index (χ2v) is 6.64. The van der Waals surface area contributed by atoms with Gasteiger partial charge in [-0.2, -0.15) is 11.8 Å². The van der Waals surface area contributed by atoms with E-state index in [9.17, 15) is 9.59 Å². The number of amides is 2. The lowest BCUT2D eigenvalue weighted by atomic mass is 10.0. The highest BCUT2D eigenvalue weighted by molar-refractivity contribution is 7.98. The molecule has 1 aliphatic rings. The molecule has 1 aromatic carbocycles. The van der Waals surface area contributed by atoms with Gasteiger partial charge in [0.05, 0.1) is 6.04 Å². The number of hydrogen-bond donors (Lipinski definition) is 2. The molecule has 2 rings (SSSR count). The van der Waals surface area contributed by atoms with Crippen molar-refractivity contribution in [3.05, 3.63) is 35.9 Å². The molecule has 1 unspecified atom stereocenters. The van der Waals surface area contributed by atoms with E-state index >= 15 is 0 Å². The monoisotopic (exact) mass is 335 g/mol. The highest BCUT2D eigenvalue weighted by atomic mass is 32.2. The van der Waals surface area contributed by atoms with Crippen molar-refractivity contribution in [1.82, 2.24) is 15.5 Å². The number of hydrogen-bond acceptors (Lipinski definition) is 4. The van der Waals surface area contributed by atoms with Gasteiger partial charge in [0.2, 0.25) is 11.8 Å². The Hall–Kier alpha value is -1.53. The maximum atomic E-state index is 12.9. The van der Waals surface area contributed by atoms with Crippen molar-refractivity contribution in [3.63, 3.8) is 0 Å². The lowest BCUT2D eigenvalue weighted by Gasteiger charge is -2.37. The number of piperazine rings is 1. The number of nitrogens with one attached hydrogen (secondary N) is 2. The zero-order chi connectivity index (χ0) is 16.7. The maximum Gasteiger partial charge on any atom is 0.242 e. The SMILES string of the molecule is CN[C@@H](Cc1ccccc1)C(=O)N1CCNC(=O)C1CCSC. The van der Waals surface area contributed by atoms with Gasteiger partial charge in [0.15, 0.2) is 0 Å². The topological polar surface area (TPSA) is 61.4 Å². The highest BCUT2D eigenvalue weighted by Gasteiger charge is 2.35. The van der Waals surface area contributed by atoms with Gasteiger partial charge in [0.25, 0.3) is 0 Å². The standard InChI is InChI=1S/C17H25N3O2S/c1-18-14(12-13-6-4-3-5-7-13)17(22)20-10-9-19-16(21)15(20)8-11-23-2/h3-7,14-15,18H,8-12H2,1-2H3,(H,19,21)/t14-,15?/m0/s1. The molecular formula is C17H25N3O2S. The molecule has 5 nitrogen and oxygen atoms in total. The predicted octanol–water partition coefficient (Wildman–Crippen LogP) is 0.897. The minimum atomic E-state index is -0.352. The molecule has 1 saturated heterocycles. The Morgan fingerprint density at radius 2 is 2.17 bits per heavy atom. The number of carbonyl (C=O) groups is 2. The van der Waals surface area contributed by atoms with Crippen molar-refractivity contribution in [2.75, 3.05) is 32.1 Å². The second kappa shape index (κ2) is 8.93. The third-order valence-corrected chi connectivity index (χ3v) is 4.78. The zero-order valence-electron chi connectivity index (χ0n) is 13.7. The Morgan fingerprint density at radius 1 is 1.43 bits per heavy atom. The van der Waals surface area contributed by atoms with Gasteiger partial charge in [-0.15, -0.1) is 0 Å². The van der Waals surface area contributed by atoms with Gasteiger partial charge in [-0.3, -0.25) is 9.59 Å². The average Bonchev–Trinajstić information content (AvgIpc) is 2.58. The number of likely N-dealkylation sites (N-methyl/N-ethyl adjacent to an activating group) is 1. The van der Waals surface area contributed by atoms with E-state index in [0.29, 0.717) is 25.9 Å². The molecule has 2 N–H and O–H groups in total. The third-order valence-electron chi connectivity index (χ3n) is 4.14. The second-order valence-electron chi connectivity index (χ2n) is 5.65. The van der Waals surface area contributed by atoms with Crippen LogP contribution in [-0.4, -0.2) is 60.9 Å². The van der Waals surface area contributed by atoms with Crippen molar-refractivity contribution in [3.8, 4) is 0 Å². The summed E-state index contributed by atoms with van der Waals surface area (Å²) in [5, 5.41) is 5.98. The number of rotatable bonds is 7. The molecule has 1 heterocycles. The van der Waals surface area contributed by atoms with Crippen LogP contribution < -0.4 is 10.6 Å². The molecule has 2 amide bonds. The van der Waals surface area contributed by atoms with Crippen molar-refractivity contribution in [2.45, 2.75) is 24.9 Å². The van der Waals surface area contributed by atoms with Crippen LogP contribution in [-0.2, 0) is 16.0 Å². The minimum Gasteiger partial charge on any atom is -0.353 e. The Morgan fingerprint density at radius 3 is 2.83 bits per heavy atom. The molecule has 0 saturated carbocycles. The van der Waals surface area contributed by atoms with E-state index in [0.717, 1.165) is 11.3 Å². The van der Waals surface area contributed by atoms with Crippen LogP contribution >= 0.6 is 11.8 Å². The van der Waals surface area contributed by atoms with Gasteiger partial charge in [0, 0.05) is 13.1 Å². The molecule has 6 heteroatoms. The summed E-state index contributed by atoms with van der Waals surface area (Å²) < 4.78 is 0. The third kappa shape index (κ3) is 4.72. The fraction of sp³-hybridized carbons (Fsp3) is 0.529. The summed E-state index contributed by atoms with van der Waals surface area (Å²) in [5.41, 5.74) is 1.11. The van der Waals surface area contributed by atoms with Crippen molar-refractivity contribution in [2.24, 2.45) is 0 Å². The molecule has 126 valence electrons. The van der Waals surface area contributed by atoms with E-state index in [2.05, 4.69) is 10.6 Å². The van der Waals surface area contributed by atoms with Crippen LogP contribution in [0.5, 0.6) is 0 Å². The molecule has 0 aromatic heterocycles. The number of carbonyl (C=O) groups excluding carboxylic acids is 2. The summed E-state index contributed by atoms with van der Waals surface area (Å²) >= 11 is 1.69. The van der Waals surface area contributed by atoms with Crippen LogP contribution in [0.15, 0.2) is 30.3 Å². The van der Waals surface area contributed by atoms with E-state index in [1.54, 1.807) is 23.7 Å². The molecule has 1 aliphatic heterocycles. The molecule has 23 heavy (non-hydrogen) atoms. The molecule has 0 spiro atoms. The lowest BCUT2D eigenvalue weighted by Crippen LogP contribution is -2.60. The smallest absolute Gasteiger partial charge is 0.242 e. The van der Waals surface area contributed by atoms with Gasteiger partial charge in [-0.1, -0.05) is 30.3 Å². The first-order chi connectivity index (χ1) is 11.2. The van der Waals surface area contributed by atoms with Gasteiger partial charge < -0.3 is 15.5 Å². The largest absolute Gasteiger partial charge is 0.353 e. The molecule has 1 aromatic rings. The van der Waals surface area contributed by atoms with Gasteiger partial charge >= 0.3 is 0 Å². The van der Waals surface area contributed by atoms with E-state index in [-0.39, 0.29) is 23.9 Å². The fourth-order valence-electron chi connectivity index (χ4n) is 2.86. The number of benzene rings is 1. The van der Waals surface area contributed by atoms with E-state index in [4.69, 9.17) is 0 Å². The predicted molar refractivity (Wildman–Crippen MR) is 94.5 cm³/mol. The molecule has 0 bridgehead atoms.